The summed E-state index contributed by atoms with van der Waals surface area (Å²) in [5, 5.41) is 15.4. The number of nitro benzene ring substituents is 1. The van der Waals surface area contributed by atoms with Crippen LogP contribution in [0, 0.1) is 16.0 Å². The first-order chi connectivity index (χ1) is 10.0. The molecule has 1 aromatic heterocycles. The maximum atomic E-state index is 11.5. The van der Waals surface area contributed by atoms with Crippen molar-refractivity contribution in [2.75, 3.05) is 7.05 Å². The zero-order chi connectivity index (χ0) is 15.4. The van der Waals surface area contributed by atoms with Crippen LogP contribution < -0.4 is 5.32 Å². The summed E-state index contributed by atoms with van der Waals surface area (Å²) < 4.78 is 0. The minimum Gasteiger partial charge on any atom is -0.317 e. The highest BCUT2D eigenvalue weighted by Gasteiger charge is 2.21. The lowest BCUT2D eigenvalue weighted by Gasteiger charge is -2.18. The summed E-state index contributed by atoms with van der Waals surface area (Å²) in [6.07, 6.45) is 3.29. The molecule has 112 valence electrons. The fourth-order valence-electron chi connectivity index (χ4n) is 2.70. The molecule has 1 N–H and O–H groups in total. The average Bonchev–Trinajstić information content (AvgIpc) is 2.45. The number of aromatic nitrogens is 1. The third-order valence-corrected chi connectivity index (χ3v) is 3.65. The first kappa shape index (κ1) is 15.4. The summed E-state index contributed by atoms with van der Waals surface area (Å²) in [5.41, 5.74) is 1.61. The van der Waals surface area contributed by atoms with Crippen LogP contribution >= 0.6 is 0 Å². The molecule has 21 heavy (non-hydrogen) atoms. The van der Waals surface area contributed by atoms with Crippen LogP contribution in [0.3, 0.4) is 0 Å². The van der Waals surface area contributed by atoms with Crippen molar-refractivity contribution in [1.29, 1.82) is 0 Å². The normalized spacial score (nSPS) is 12.8. The van der Waals surface area contributed by atoms with Gasteiger partial charge in [-0.1, -0.05) is 13.8 Å². The van der Waals surface area contributed by atoms with Crippen molar-refractivity contribution in [3.8, 4) is 0 Å². The van der Waals surface area contributed by atoms with E-state index in [4.69, 9.17) is 0 Å². The Labute approximate surface area is 124 Å². The van der Waals surface area contributed by atoms with E-state index in [0.29, 0.717) is 23.2 Å². The number of benzene rings is 1. The maximum absolute atomic E-state index is 11.5. The number of rotatable bonds is 6. The highest BCUT2D eigenvalue weighted by molar-refractivity contribution is 5.89. The van der Waals surface area contributed by atoms with Crippen LogP contribution in [0.1, 0.15) is 25.8 Å². The van der Waals surface area contributed by atoms with E-state index in [1.54, 1.807) is 18.3 Å². The number of fused-ring (bicyclic) bond motifs is 1. The van der Waals surface area contributed by atoms with Gasteiger partial charge in [-0.2, -0.15) is 0 Å². The van der Waals surface area contributed by atoms with Gasteiger partial charge in [0.25, 0.3) is 5.69 Å². The van der Waals surface area contributed by atoms with Gasteiger partial charge in [0.15, 0.2) is 0 Å². The zero-order valence-corrected chi connectivity index (χ0v) is 12.7. The van der Waals surface area contributed by atoms with Gasteiger partial charge in [-0.25, -0.2) is 0 Å². The van der Waals surface area contributed by atoms with Gasteiger partial charge < -0.3 is 5.32 Å². The summed E-state index contributed by atoms with van der Waals surface area (Å²) in [6, 6.07) is 7.43. The SMILES string of the molecule is CNC(Cc1ccc2ncccc2c1[N+](=O)[O-])CC(C)C. The molecular formula is C16H21N3O2. The van der Waals surface area contributed by atoms with Crippen LogP contribution in [0.4, 0.5) is 5.69 Å². The number of hydrogen-bond donors (Lipinski definition) is 1. The first-order valence-corrected chi connectivity index (χ1v) is 7.21. The number of nitrogens with one attached hydrogen (secondary N) is 1. The van der Waals surface area contributed by atoms with Crippen molar-refractivity contribution >= 4 is 16.6 Å². The monoisotopic (exact) mass is 287 g/mol. The van der Waals surface area contributed by atoms with Crippen molar-refractivity contribution in [1.82, 2.24) is 10.3 Å². The maximum Gasteiger partial charge on any atom is 0.281 e. The minimum absolute atomic E-state index is 0.185. The minimum atomic E-state index is -0.290. The molecule has 2 aromatic rings. The van der Waals surface area contributed by atoms with Gasteiger partial charge in [0.2, 0.25) is 0 Å². The Morgan fingerprint density at radius 1 is 1.33 bits per heavy atom. The lowest BCUT2D eigenvalue weighted by molar-refractivity contribution is -0.383. The number of nitrogens with zero attached hydrogens (tertiary/aromatic N) is 2. The second kappa shape index (κ2) is 6.63. The molecule has 1 aromatic carbocycles. The molecule has 2 rings (SSSR count). The summed E-state index contributed by atoms with van der Waals surface area (Å²) in [7, 11) is 1.90. The smallest absolute Gasteiger partial charge is 0.281 e. The van der Waals surface area contributed by atoms with Gasteiger partial charge >= 0.3 is 0 Å². The Balaban J connectivity index is 2.43. The van der Waals surface area contributed by atoms with Crippen LogP contribution in [-0.2, 0) is 6.42 Å². The molecule has 5 heteroatoms. The van der Waals surface area contributed by atoms with Crippen molar-refractivity contribution in [3.63, 3.8) is 0 Å². The summed E-state index contributed by atoms with van der Waals surface area (Å²) in [6.45, 7) is 4.31. The number of hydrogen-bond acceptors (Lipinski definition) is 4. The molecule has 0 saturated carbocycles. The molecular weight excluding hydrogens is 266 g/mol. The Bertz CT molecular complexity index is 640. The van der Waals surface area contributed by atoms with E-state index in [0.717, 1.165) is 12.0 Å². The molecule has 1 heterocycles. The molecule has 0 amide bonds. The van der Waals surface area contributed by atoms with E-state index >= 15 is 0 Å². The van der Waals surface area contributed by atoms with E-state index in [-0.39, 0.29) is 16.7 Å². The van der Waals surface area contributed by atoms with Gasteiger partial charge in [-0.3, -0.25) is 15.1 Å². The van der Waals surface area contributed by atoms with Crippen LogP contribution in [0.25, 0.3) is 10.9 Å². The topological polar surface area (TPSA) is 68.1 Å². The third kappa shape index (κ3) is 3.55. The van der Waals surface area contributed by atoms with Crippen LogP contribution in [0.5, 0.6) is 0 Å². The molecule has 0 saturated heterocycles. The Morgan fingerprint density at radius 2 is 2.10 bits per heavy atom. The van der Waals surface area contributed by atoms with Gasteiger partial charge in [-0.05, 0) is 50.1 Å². The van der Waals surface area contributed by atoms with E-state index in [1.807, 2.05) is 19.2 Å². The molecule has 5 nitrogen and oxygen atoms in total. The van der Waals surface area contributed by atoms with Crippen molar-refractivity contribution < 1.29 is 4.92 Å². The summed E-state index contributed by atoms with van der Waals surface area (Å²) in [5.74, 6) is 0.545. The molecule has 1 atom stereocenters. The first-order valence-electron chi connectivity index (χ1n) is 7.21. The summed E-state index contributed by atoms with van der Waals surface area (Å²) in [4.78, 5) is 15.4. The largest absolute Gasteiger partial charge is 0.317 e. The average molecular weight is 287 g/mol. The van der Waals surface area contributed by atoms with Crippen LogP contribution in [0.15, 0.2) is 30.5 Å². The van der Waals surface area contributed by atoms with Crippen LogP contribution in [-0.4, -0.2) is 23.0 Å². The predicted octanol–water partition coefficient (Wildman–Crippen LogP) is 3.32. The zero-order valence-electron chi connectivity index (χ0n) is 12.7. The van der Waals surface area contributed by atoms with Crippen molar-refractivity contribution in [2.24, 2.45) is 5.92 Å². The number of nitro groups is 1. The second-order valence-electron chi connectivity index (χ2n) is 5.72. The molecule has 0 radical (unpaired) electrons. The van der Waals surface area contributed by atoms with Crippen molar-refractivity contribution in [2.45, 2.75) is 32.7 Å². The molecule has 0 bridgehead atoms. The fraction of sp³-hybridized carbons (Fsp3) is 0.438. The molecule has 0 fully saturated rings. The molecule has 0 spiro atoms. The Morgan fingerprint density at radius 3 is 2.71 bits per heavy atom. The lowest BCUT2D eigenvalue weighted by Crippen LogP contribution is -2.29. The van der Waals surface area contributed by atoms with Gasteiger partial charge in [0.1, 0.15) is 0 Å². The number of likely N-dealkylation sites (N-methyl/N-ethyl adjacent to an activating group) is 1. The lowest BCUT2D eigenvalue weighted by atomic mass is 9.95. The Hall–Kier alpha value is -2.01. The highest BCUT2D eigenvalue weighted by Crippen LogP contribution is 2.29. The quantitative estimate of drug-likeness (QED) is 0.653. The standard InChI is InChI=1S/C16H21N3O2/c1-11(2)9-13(17-3)10-12-6-7-15-14(5-4-8-18-15)16(12)19(20)21/h4-8,11,13,17H,9-10H2,1-3H3. The van der Waals surface area contributed by atoms with Crippen molar-refractivity contribution in [3.05, 3.63) is 46.1 Å². The molecule has 1 unspecified atom stereocenters. The van der Waals surface area contributed by atoms with E-state index in [1.165, 1.54) is 0 Å². The molecule has 0 aliphatic heterocycles. The van der Waals surface area contributed by atoms with Crippen LogP contribution in [0.2, 0.25) is 0 Å². The van der Waals surface area contributed by atoms with Gasteiger partial charge in [0.05, 0.1) is 15.8 Å². The van der Waals surface area contributed by atoms with E-state index < -0.39 is 0 Å². The number of pyridine rings is 1. The van der Waals surface area contributed by atoms with E-state index in [9.17, 15) is 10.1 Å². The van der Waals surface area contributed by atoms with E-state index in [2.05, 4.69) is 24.1 Å². The third-order valence-electron chi connectivity index (χ3n) is 3.65. The predicted molar refractivity (Wildman–Crippen MR) is 84.4 cm³/mol. The highest BCUT2D eigenvalue weighted by atomic mass is 16.6. The molecule has 0 aliphatic carbocycles. The van der Waals surface area contributed by atoms with Gasteiger partial charge in [0, 0.05) is 17.8 Å². The Kier molecular flexibility index (Phi) is 4.85. The molecule has 0 aliphatic rings. The second-order valence-corrected chi connectivity index (χ2v) is 5.72. The summed E-state index contributed by atoms with van der Waals surface area (Å²) >= 11 is 0. The van der Waals surface area contributed by atoms with Gasteiger partial charge in [-0.15, -0.1) is 0 Å². The fourth-order valence-corrected chi connectivity index (χ4v) is 2.70.